The summed E-state index contributed by atoms with van der Waals surface area (Å²) in [5, 5.41) is 0. The summed E-state index contributed by atoms with van der Waals surface area (Å²) in [5.41, 5.74) is 6.89. The van der Waals surface area contributed by atoms with Gasteiger partial charge in [0.2, 0.25) is 10.0 Å². The number of nitrogens with one attached hydrogen (secondary N) is 1. The van der Waals surface area contributed by atoms with Gasteiger partial charge in [0.05, 0.1) is 4.90 Å². The van der Waals surface area contributed by atoms with Crippen LogP contribution in [0.5, 0.6) is 0 Å². The summed E-state index contributed by atoms with van der Waals surface area (Å²) in [6.45, 7) is 5.06. The SMILES string of the molecule is Cc1cc(Br)c(N)cc1S(=O)(=O)NC(C)C1CCOCC1. The van der Waals surface area contributed by atoms with Crippen molar-refractivity contribution in [1.29, 1.82) is 0 Å². The summed E-state index contributed by atoms with van der Waals surface area (Å²) in [6, 6.07) is 3.10. The standard InChI is InChI=1S/C14H21BrN2O3S/c1-9-7-12(15)13(16)8-14(9)21(18,19)17-10(2)11-3-5-20-6-4-11/h7-8,10-11,17H,3-6,16H2,1-2H3. The van der Waals surface area contributed by atoms with Gasteiger partial charge in [0.1, 0.15) is 0 Å². The van der Waals surface area contributed by atoms with Gasteiger partial charge in [-0.3, -0.25) is 0 Å². The van der Waals surface area contributed by atoms with Gasteiger partial charge in [-0.2, -0.15) is 0 Å². The molecule has 1 heterocycles. The fraction of sp³-hybridized carbons (Fsp3) is 0.571. The molecule has 0 aliphatic carbocycles. The summed E-state index contributed by atoms with van der Waals surface area (Å²) < 4.78 is 33.9. The molecule has 3 N–H and O–H groups in total. The summed E-state index contributed by atoms with van der Waals surface area (Å²) in [5.74, 6) is 0.307. The van der Waals surface area contributed by atoms with Crippen molar-refractivity contribution in [3.63, 3.8) is 0 Å². The minimum absolute atomic E-state index is 0.122. The van der Waals surface area contributed by atoms with E-state index in [0.29, 0.717) is 34.9 Å². The zero-order chi connectivity index (χ0) is 15.6. The number of halogens is 1. The summed E-state index contributed by atoms with van der Waals surface area (Å²) in [4.78, 5) is 0.238. The molecule has 0 aromatic heterocycles. The highest BCUT2D eigenvalue weighted by molar-refractivity contribution is 9.10. The Hall–Kier alpha value is -0.630. The quantitative estimate of drug-likeness (QED) is 0.790. The van der Waals surface area contributed by atoms with Crippen molar-refractivity contribution in [2.24, 2.45) is 5.92 Å². The van der Waals surface area contributed by atoms with Crippen molar-refractivity contribution in [2.45, 2.75) is 37.6 Å². The van der Waals surface area contributed by atoms with Crippen LogP contribution in [0.2, 0.25) is 0 Å². The molecule has 118 valence electrons. The second kappa shape index (κ2) is 6.64. The number of hydrogen-bond acceptors (Lipinski definition) is 4. The fourth-order valence-electron chi connectivity index (χ4n) is 2.58. The molecule has 5 nitrogen and oxygen atoms in total. The number of hydrogen-bond donors (Lipinski definition) is 2. The third-order valence-corrected chi connectivity index (χ3v) is 6.29. The van der Waals surface area contributed by atoms with E-state index in [9.17, 15) is 8.42 Å². The first-order chi connectivity index (χ1) is 9.81. The van der Waals surface area contributed by atoms with E-state index in [1.54, 1.807) is 13.0 Å². The predicted molar refractivity (Wildman–Crippen MR) is 86.6 cm³/mol. The van der Waals surface area contributed by atoms with Gasteiger partial charge in [0.15, 0.2) is 0 Å². The topological polar surface area (TPSA) is 81.4 Å². The van der Waals surface area contributed by atoms with Gasteiger partial charge in [0, 0.05) is 29.4 Å². The molecule has 1 saturated heterocycles. The lowest BCUT2D eigenvalue weighted by Gasteiger charge is -2.28. The van der Waals surface area contributed by atoms with E-state index in [2.05, 4.69) is 20.7 Å². The molecule has 1 unspecified atom stereocenters. The normalized spacial score (nSPS) is 18.6. The second-order valence-electron chi connectivity index (χ2n) is 5.50. The predicted octanol–water partition coefficient (Wildman–Crippen LogP) is 2.43. The Morgan fingerprint density at radius 2 is 2.00 bits per heavy atom. The maximum atomic E-state index is 12.6. The van der Waals surface area contributed by atoms with E-state index < -0.39 is 10.0 Å². The Kier molecular flexibility index (Phi) is 5.29. The van der Waals surface area contributed by atoms with Crippen LogP contribution in [0.25, 0.3) is 0 Å². The first-order valence-electron chi connectivity index (χ1n) is 6.97. The van der Waals surface area contributed by atoms with Crippen molar-refractivity contribution in [3.8, 4) is 0 Å². The third-order valence-electron chi connectivity index (χ3n) is 3.90. The van der Waals surface area contributed by atoms with Crippen LogP contribution in [0, 0.1) is 12.8 Å². The van der Waals surface area contributed by atoms with Gasteiger partial charge < -0.3 is 10.5 Å². The van der Waals surface area contributed by atoms with Gasteiger partial charge >= 0.3 is 0 Å². The molecule has 0 radical (unpaired) electrons. The van der Waals surface area contributed by atoms with E-state index >= 15 is 0 Å². The number of benzene rings is 1. The number of nitrogens with two attached hydrogens (primary N) is 1. The van der Waals surface area contributed by atoms with Gasteiger partial charge in [-0.25, -0.2) is 13.1 Å². The highest BCUT2D eigenvalue weighted by Crippen LogP contribution is 2.27. The molecule has 1 aromatic rings. The third kappa shape index (κ3) is 3.97. The lowest BCUT2D eigenvalue weighted by Crippen LogP contribution is -2.40. The molecule has 0 bridgehead atoms. The Labute approximate surface area is 134 Å². The Balaban J connectivity index is 2.20. The highest BCUT2D eigenvalue weighted by atomic mass is 79.9. The average molecular weight is 377 g/mol. The molecule has 1 aromatic carbocycles. The number of sulfonamides is 1. The molecular weight excluding hydrogens is 356 g/mol. The first kappa shape index (κ1) is 16.7. The number of aryl methyl sites for hydroxylation is 1. The van der Waals surface area contributed by atoms with E-state index in [1.165, 1.54) is 6.07 Å². The van der Waals surface area contributed by atoms with E-state index in [-0.39, 0.29) is 10.9 Å². The number of ether oxygens (including phenoxy) is 1. The van der Waals surface area contributed by atoms with E-state index in [4.69, 9.17) is 10.5 Å². The van der Waals surface area contributed by atoms with Gasteiger partial charge in [0.25, 0.3) is 0 Å². The van der Waals surface area contributed by atoms with Gasteiger partial charge in [-0.1, -0.05) is 0 Å². The summed E-state index contributed by atoms with van der Waals surface area (Å²) in [7, 11) is -3.57. The molecule has 1 aliphatic heterocycles. The molecule has 0 spiro atoms. The first-order valence-corrected chi connectivity index (χ1v) is 9.24. The molecule has 1 atom stereocenters. The van der Waals surface area contributed by atoms with Crippen molar-refractivity contribution < 1.29 is 13.2 Å². The molecule has 21 heavy (non-hydrogen) atoms. The number of rotatable bonds is 4. The van der Waals surface area contributed by atoms with Crippen molar-refractivity contribution in [1.82, 2.24) is 4.72 Å². The van der Waals surface area contributed by atoms with Crippen LogP contribution in [-0.2, 0) is 14.8 Å². The van der Waals surface area contributed by atoms with Crippen molar-refractivity contribution in [3.05, 3.63) is 22.2 Å². The zero-order valence-corrected chi connectivity index (χ0v) is 14.6. The maximum absolute atomic E-state index is 12.6. The van der Waals surface area contributed by atoms with E-state index in [0.717, 1.165) is 12.8 Å². The largest absolute Gasteiger partial charge is 0.398 e. The van der Waals surface area contributed by atoms with Crippen LogP contribution in [0.4, 0.5) is 5.69 Å². The lowest BCUT2D eigenvalue weighted by molar-refractivity contribution is 0.0585. The van der Waals surface area contributed by atoms with Crippen LogP contribution in [0.3, 0.4) is 0 Å². The summed E-state index contributed by atoms with van der Waals surface area (Å²) >= 11 is 3.31. The van der Waals surface area contributed by atoms with Crippen LogP contribution in [0.15, 0.2) is 21.5 Å². The molecule has 0 saturated carbocycles. The van der Waals surface area contributed by atoms with Crippen molar-refractivity contribution in [2.75, 3.05) is 18.9 Å². The van der Waals surface area contributed by atoms with E-state index in [1.807, 2.05) is 6.92 Å². The molecular formula is C14H21BrN2O3S. The maximum Gasteiger partial charge on any atom is 0.241 e. The number of nitrogen functional groups attached to an aromatic ring is 1. The average Bonchev–Trinajstić information content (AvgIpc) is 2.43. The smallest absolute Gasteiger partial charge is 0.241 e. The molecule has 1 fully saturated rings. The van der Waals surface area contributed by atoms with Crippen LogP contribution >= 0.6 is 15.9 Å². The monoisotopic (exact) mass is 376 g/mol. The van der Waals surface area contributed by atoms with Crippen LogP contribution in [-0.4, -0.2) is 27.7 Å². The lowest BCUT2D eigenvalue weighted by atomic mass is 9.94. The highest BCUT2D eigenvalue weighted by Gasteiger charge is 2.26. The Morgan fingerprint density at radius 1 is 1.38 bits per heavy atom. The van der Waals surface area contributed by atoms with Crippen LogP contribution < -0.4 is 10.5 Å². The Morgan fingerprint density at radius 3 is 2.62 bits per heavy atom. The Bertz CT molecular complexity index is 613. The van der Waals surface area contributed by atoms with Gasteiger partial charge in [-0.05, 0) is 66.2 Å². The summed E-state index contributed by atoms with van der Waals surface area (Å²) in [6.07, 6.45) is 1.76. The number of anilines is 1. The van der Waals surface area contributed by atoms with Crippen LogP contribution in [0.1, 0.15) is 25.3 Å². The molecule has 7 heteroatoms. The van der Waals surface area contributed by atoms with Crippen molar-refractivity contribution >= 4 is 31.6 Å². The molecule has 2 rings (SSSR count). The second-order valence-corrected chi connectivity index (χ2v) is 8.04. The minimum atomic E-state index is -3.57. The molecule has 0 amide bonds. The molecule has 1 aliphatic rings. The minimum Gasteiger partial charge on any atom is -0.398 e. The zero-order valence-electron chi connectivity index (χ0n) is 12.2. The fourth-order valence-corrected chi connectivity index (χ4v) is 4.61. The van der Waals surface area contributed by atoms with Gasteiger partial charge in [-0.15, -0.1) is 0 Å².